The van der Waals surface area contributed by atoms with E-state index in [2.05, 4.69) is 31.2 Å². The minimum Gasteiger partial charge on any atom is -0.337 e. The van der Waals surface area contributed by atoms with Crippen LogP contribution in [0.15, 0.2) is 42.5 Å². The summed E-state index contributed by atoms with van der Waals surface area (Å²) in [6.45, 7) is 4.17. The number of allylic oxidation sites excluding steroid dienone is 2. The topological polar surface area (TPSA) is 56.7 Å². The van der Waals surface area contributed by atoms with Crippen molar-refractivity contribution in [2.45, 2.75) is 39.0 Å². The smallest absolute Gasteiger partial charge is 0.163 e. The Morgan fingerprint density at radius 3 is 2.58 bits per heavy atom. The monoisotopic (exact) mass is 318 g/mol. The van der Waals surface area contributed by atoms with Gasteiger partial charge in [0.2, 0.25) is 0 Å². The molecule has 2 aromatic heterocycles. The Kier molecular flexibility index (Phi) is 3.60. The average molecular weight is 318 g/mol. The molecule has 0 amide bonds. The summed E-state index contributed by atoms with van der Waals surface area (Å²) in [4.78, 5) is 9.79. The number of nitrogens with two attached hydrogens (primary N) is 1. The van der Waals surface area contributed by atoms with Crippen LogP contribution < -0.4 is 5.84 Å². The normalized spacial score (nSPS) is 17.5. The SMILES string of the molecule is Cc1c(C)n(N)c2nc(-c3ccccc3)nc(C3CC=CCC3)c12. The standard InChI is InChI=1S/C20H22N4/c1-13-14(2)24(21)20-17(13)18(15-9-5-3-6-10-15)22-19(23-20)16-11-7-4-8-12-16/h3-5,7-8,11-12,15H,6,9-10,21H2,1-2H3. The number of benzene rings is 1. The van der Waals surface area contributed by atoms with Crippen LogP contribution in [-0.4, -0.2) is 14.6 Å². The maximum Gasteiger partial charge on any atom is 0.163 e. The van der Waals surface area contributed by atoms with E-state index in [1.807, 2.05) is 25.1 Å². The predicted molar refractivity (Wildman–Crippen MR) is 98.3 cm³/mol. The summed E-state index contributed by atoms with van der Waals surface area (Å²) in [6, 6.07) is 10.1. The fourth-order valence-electron chi connectivity index (χ4n) is 3.57. The lowest BCUT2D eigenvalue weighted by molar-refractivity contribution is 0.605. The van der Waals surface area contributed by atoms with E-state index in [0.717, 1.165) is 53.1 Å². The number of rotatable bonds is 2. The third-order valence-electron chi connectivity index (χ3n) is 5.11. The molecule has 4 rings (SSSR count). The molecule has 3 aromatic rings. The molecule has 0 saturated heterocycles. The molecular formula is C20H22N4. The number of aromatic nitrogens is 3. The number of hydrogen-bond acceptors (Lipinski definition) is 3. The van der Waals surface area contributed by atoms with Crippen LogP contribution in [0.3, 0.4) is 0 Å². The molecule has 0 fully saturated rings. The van der Waals surface area contributed by atoms with Crippen LogP contribution in [0, 0.1) is 13.8 Å². The van der Waals surface area contributed by atoms with Crippen molar-refractivity contribution in [2.24, 2.45) is 0 Å². The molecule has 2 heterocycles. The summed E-state index contributed by atoms with van der Waals surface area (Å²) in [5.41, 5.74) is 5.26. The van der Waals surface area contributed by atoms with E-state index < -0.39 is 0 Å². The first-order valence-electron chi connectivity index (χ1n) is 8.52. The first-order valence-corrected chi connectivity index (χ1v) is 8.52. The lowest BCUT2D eigenvalue weighted by atomic mass is 9.89. The minimum atomic E-state index is 0.434. The van der Waals surface area contributed by atoms with E-state index in [-0.39, 0.29) is 0 Å². The molecule has 0 aliphatic heterocycles. The number of aryl methyl sites for hydroxylation is 1. The van der Waals surface area contributed by atoms with Gasteiger partial charge in [-0.1, -0.05) is 42.5 Å². The Bertz CT molecular complexity index is 922. The third kappa shape index (κ3) is 2.30. The van der Waals surface area contributed by atoms with Crippen LogP contribution in [0.1, 0.15) is 42.1 Å². The van der Waals surface area contributed by atoms with Gasteiger partial charge in [-0.2, -0.15) is 0 Å². The summed E-state index contributed by atoms with van der Waals surface area (Å²) in [7, 11) is 0. The van der Waals surface area contributed by atoms with Gasteiger partial charge in [0, 0.05) is 22.6 Å². The summed E-state index contributed by atoms with van der Waals surface area (Å²) in [5.74, 6) is 7.49. The number of hydrogen-bond donors (Lipinski definition) is 1. The molecule has 1 aliphatic carbocycles. The summed E-state index contributed by atoms with van der Waals surface area (Å²) < 4.78 is 1.71. The van der Waals surface area contributed by atoms with Crippen molar-refractivity contribution in [1.29, 1.82) is 0 Å². The fourth-order valence-corrected chi connectivity index (χ4v) is 3.57. The highest BCUT2D eigenvalue weighted by Crippen LogP contribution is 2.36. The number of nitrogens with zero attached hydrogens (tertiary/aromatic N) is 3. The molecule has 0 radical (unpaired) electrons. The molecule has 0 spiro atoms. The molecule has 0 bridgehead atoms. The lowest BCUT2D eigenvalue weighted by Gasteiger charge is -2.19. The fraction of sp³-hybridized carbons (Fsp3) is 0.300. The van der Waals surface area contributed by atoms with Gasteiger partial charge in [-0.05, 0) is 38.7 Å². The van der Waals surface area contributed by atoms with Gasteiger partial charge in [0.15, 0.2) is 11.5 Å². The summed E-state index contributed by atoms with van der Waals surface area (Å²) in [5, 5.41) is 1.13. The van der Waals surface area contributed by atoms with Crippen LogP contribution in [0.2, 0.25) is 0 Å². The molecule has 1 aliphatic rings. The van der Waals surface area contributed by atoms with Crippen molar-refractivity contribution in [2.75, 3.05) is 5.84 Å². The van der Waals surface area contributed by atoms with E-state index in [0.29, 0.717) is 5.92 Å². The van der Waals surface area contributed by atoms with E-state index >= 15 is 0 Å². The first-order chi connectivity index (χ1) is 11.7. The average Bonchev–Trinajstić information content (AvgIpc) is 2.87. The highest BCUT2D eigenvalue weighted by atomic mass is 15.3. The lowest BCUT2D eigenvalue weighted by Crippen LogP contribution is -2.12. The van der Waals surface area contributed by atoms with Gasteiger partial charge in [-0.3, -0.25) is 0 Å². The van der Waals surface area contributed by atoms with Gasteiger partial charge >= 0.3 is 0 Å². The minimum absolute atomic E-state index is 0.434. The molecule has 24 heavy (non-hydrogen) atoms. The zero-order valence-electron chi connectivity index (χ0n) is 14.2. The van der Waals surface area contributed by atoms with Gasteiger partial charge in [0.05, 0.1) is 5.69 Å². The van der Waals surface area contributed by atoms with Crippen molar-refractivity contribution in [3.8, 4) is 11.4 Å². The second-order valence-electron chi connectivity index (χ2n) is 6.56. The van der Waals surface area contributed by atoms with E-state index in [4.69, 9.17) is 15.8 Å². The maximum absolute atomic E-state index is 6.30. The van der Waals surface area contributed by atoms with Gasteiger partial charge in [-0.15, -0.1) is 0 Å². The van der Waals surface area contributed by atoms with E-state index in [9.17, 15) is 0 Å². The zero-order valence-corrected chi connectivity index (χ0v) is 14.2. The van der Waals surface area contributed by atoms with E-state index in [1.165, 1.54) is 5.56 Å². The van der Waals surface area contributed by atoms with Crippen molar-refractivity contribution >= 4 is 11.0 Å². The molecule has 4 heteroatoms. The van der Waals surface area contributed by atoms with E-state index in [1.54, 1.807) is 4.68 Å². The summed E-state index contributed by atoms with van der Waals surface area (Å²) in [6.07, 6.45) is 7.81. The second kappa shape index (κ2) is 5.78. The van der Waals surface area contributed by atoms with Crippen molar-refractivity contribution in [3.63, 3.8) is 0 Å². The largest absolute Gasteiger partial charge is 0.337 e. The molecular weight excluding hydrogens is 296 g/mol. The van der Waals surface area contributed by atoms with Crippen LogP contribution in [0.5, 0.6) is 0 Å². The van der Waals surface area contributed by atoms with Gasteiger partial charge < -0.3 is 5.84 Å². The molecule has 1 aromatic carbocycles. The Labute approximate surface area is 142 Å². The first kappa shape index (κ1) is 14.9. The molecule has 0 saturated carbocycles. The van der Waals surface area contributed by atoms with Crippen molar-refractivity contribution < 1.29 is 0 Å². The van der Waals surface area contributed by atoms with Crippen LogP contribution in [-0.2, 0) is 0 Å². The molecule has 2 N–H and O–H groups in total. The highest BCUT2D eigenvalue weighted by Gasteiger charge is 2.23. The van der Waals surface area contributed by atoms with Crippen molar-refractivity contribution in [3.05, 3.63) is 59.4 Å². The molecule has 4 nitrogen and oxygen atoms in total. The maximum atomic E-state index is 6.30. The Balaban J connectivity index is 2.00. The Morgan fingerprint density at radius 2 is 1.88 bits per heavy atom. The van der Waals surface area contributed by atoms with Gasteiger partial charge in [-0.25, -0.2) is 14.6 Å². The quantitative estimate of drug-likeness (QED) is 0.567. The Hall–Kier alpha value is -2.62. The van der Waals surface area contributed by atoms with Crippen molar-refractivity contribution in [1.82, 2.24) is 14.6 Å². The summed E-state index contributed by atoms with van der Waals surface area (Å²) >= 11 is 0. The van der Waals surface area contributed by atoms with Gasteiger partial charge in [0.1, 0.15) is 0 Å². The number of fused-ring (bicyclic) bond motifs is 1. The molecule has 122 valence electrons. The van der Waals surface area contributed by atoms with Crippen LogP contribution >= 0.6 is 0 Å². The third-order valence-corrected chi connectivity index (χ3v) is 5.11. The molecule has 1 unspecified atom stereocenters. The predicted octanol–water partition coefficient (Wildman–Crippen LogP) is 4.25. The molecule has 1 atom stereocenters. The second-order valence-corrected chi connectivity index (χ2v) is 6.56. The Morgan fingerprint density at radius 1 is 1.08 bits per heavy atom. The zero-order chi connectivity index (χ0) is 16.7. The van der Waals surface area contributed by atoms with Crippen LogP contribution in [0.4, 0.5) is 0 Å². The highest BCUT2D eigenvalue weighted by molar-refractivity contribution is 5.86. The van der Waals surface area contributed by atoms with Gasteiger partial charge in [0.25, 0.3) is 0 Å². The number of nitrogen functional groups attached to an aromatic ring is 1. The van der Waals surface area contributed by atoms with Crippen LogP contribution in [0.25, 0.3) is 22.4 Å².